The number of carbonyl (C=O) groups excluding carboxylic acids is 1. The summed E-state index contributed by atoms with van der Waals surface area (Å²) in [7, 11) is 0. The predicted octanol–water partition coefficient (Wildman–Crippen LogP) is 4.77. The van der Waals surface area contributed by atoms with Crippen LogP contribution in [0.15, 0.2) is 42.6 Å². The fourth-order valence-corrected chi connectivity index (χ4v) is 3.54. The first-order valence-corrected chi connectivity index (χ1v) is 10.2. The van der Waals surface area contributed by atoms with Crippen molar-refractivity contribution in [3.8, 4) is 0 Å². The van der Waals surface area contributed by atoms with Crippen LogP contribution >= 0.6 is 0 Å². The van der Waals surface area contributed by atoms with Crippen LogP contribution in [0.4, 0.5) is 5.82 Å². The Morgan fingerprint density at radius 1 is 1.10 bits per heavy atom. The van der Waals surface area contributed by atoms with E-state index in [1.807, 2.05) is 50.2 Å². The molecule has 29 heavy (non-hydrogen) atoms. The smallest absolute Gasteiger partial charge is 0.257 e. The Bertz CT molecular complexity index is 1060. The SMILES string of the molecule is CCc1cc(C)nc(Cc2ccc(C)c(C(=O)Nc3cc(C4CC4)ccn3)c2)n1. The van der Waals surface area contributed by atoms with Crippen LogP contribution in [-0.4, -0.2) is 20.9 Å². The Labute approximate surface area is 171 Å². The van der Waals surface area contributed by atoms with E-state index in [0.29, 0.717) is 23.7 Å². The zero-order chi connectivity index (χ0) is 20.4. The summed E-state index contributed by atoms with van der Waals surface area (Å²) in [5, 5.41) is 2.96. The molecule has 0 spiro atoms. The van der Waals surface area contributed by atoms with E-state index in [-0.39, 0.29) is 5.91 Å². The average molecular weight is 386 g/mol. The number of anilines is 1. The van der Waals surface area contributed by atoms with Crippen LogP contribution in [0, 0.1) is 13.8 Å². The van der Waals surface area contributed by atoms with Crippen LogP contribution < -0.4 is 5.32 Å². The van der Waals surface area contributed by atoms with Crippen LogP contribution in [0.2, 0.25) is 0 Å². The van der Waals surface area contributed by atoms with Gasteiger partial charge in [0.25, 0.3) is 5.91 Å². The van der Waals surface area contributed by atoms with Gasteiger partial charge in [-0.05, 0) is 80.0 Å². The number of amides is 1. The maximum absolute atomic E-state index is 12.9. The Morgan fingerprint density at radius 3 is 2.69 bits per heavy atom. The third-order valence-electron chi connectivity index (χ3n) is 5.30. The van der Waals surface area contributed by atoms with Gasteiger partial charge in [0.2, 0.25) is 0 Å². The second-order valence-corrected chi connectivity index (χ2v) is 7.80. The number of aromatic nitrogens is 3. The molecule has 1 saturated carbocycles. The highest BCUT2D eigenvalue weighted by molar-refractivity contribution is 6.04. The summed E-state index contributed by atoms with van der Waals surface area (Å²) in [6.45, 7) is 6.03. The Balaban J connectivity index is 1.54. The van der Waals surface area contributed by atoms with E-state index < -0.39 is 0 Å². The van der Waals surface area contributed by atoms with E-state index in [1.165, 1.54) is 18.4 Å². The minimum Gasteiger partial charge on any atom is -0.307 e. The van der Waals surface area contributed by atoms with Gasteiger partial charge in [-0.15, -0.1) is 0 Å². The lowest BCUT2D eigenvalue weighted by Gasteiger charge is -2.11. The van der Waals surface area contributed by atoms with Crippen molar-refractivity contribution in [3.63, 3.8) is 0 Å². The lowest BCUT2D eigenvalue weighted by atomic mass is 10.0. The van der Waals surface area contributed by atoms with Gasteiger partial charge in [-0.3, -0.25) is 4.79 Å². The standard InChI is InChI=1S/C24H26N4O/c1-4-20-11-16(3)26-23(27-20)13-17-6-5-15(2)21(12-17)24(29)28-22-14-19(9-10-25-22)18-7-8-18/h5-6,9-12,14,18H,4,7-8,13H2,1-3H3,(H,25,28,29). The molecule has 5 nitrogen and oxygen atoms in total. The number of nitrogens with one attached hydrogen (secondary N) is 1. The molecule has 3 aromatic rings. The van der Waals surface area contributed by atoms with Gasteiger partial charge in [0, 0.05) is 29.6 Å². The number of hydrogen-bond acceptors (Lipinski definition) is 4. The van der Waals surface area contributed by atoms with E-state index in [0.717, 1.165) is 34.8 Å². The average Bonchev–Trinajstić information content (AvgIpc) is 3.54. The summed E-state index contributed by atoms with van der Waals surface area (Å²) < 4.78 is 0. The molecule has 0 radical (unpaired) electrons. The monoisotopic (exact) mass is 386 g/mol. The minimum atomic E-state index is -0.135. The molecule has 0 bridgehead atoms. The fourth-order valence-electron chi connectivity index (χ4n) is 3.54. The molecule has 5 heteroatoms. The topological polar surface area (TPSA) is 67.8 Å². The van der Waals surface area contributed by atoms with Crippen LogP contribution in [0.3, 0.4) is 0 Å². The van der Waals surface area contributed by atoms with Crippen molar-refractivity contribution in [1.29, 1.82) is 0 Å². The zero-order valence-corrected chi connectivity index (χ0v) is 17.2. The highest BCUT2D eigenvalue weighted by Crippen LogP contribution is 2.40. The van der Waals surface area contributed by atoms with E-state index >= 15 is 0 Å². The van der Waals surface area contributed by atoms with Gasteiger partial charge in [-0.2, -0.15) is 0 Å². The lowest BCUT2D eigenvalue weighted by Crippen LogP contribution is -2.15. The Morgan fingerprint density at radius 2 is 1.93 bits per heavy atom. The molecule has 148 valence electrons. The van der Waals surface area contributed by atoms with Gasteiger partial charge in [0.05, 0.1) is 0 Å². The Hall–Kier alpha value is -3.08. The Kier molecular flexibility index (Phi) is 5.38. The molecule has 2 heterocycles. The van der Waals surface area contributed by atoms with E-state index in [4.69, 9.17) is 0 Å². The van der Waals surface area contributed by atoms with Gasteiger partial charge in [0.1, 0.15) is 11.6 Å². The molecule has 1 N–H and O–H groups in total. The molecule has 1 aliphatic carbocycles. The van der Waals surface area contributed by atoms with Crippen molar-refractivity contribution in [3.05, 3.63) is 82.1 Å². The number of pyridine rings is 1. The molecular formula is C24H26N4O. The van der Waals surface area contributed by atoms with Crippen molar-refractivity contribution in [2.24, 2.45) is 0 Å². The van der Waals surface area contributed by atoms with Crippen LogP contribution in [-0.2, 0) is 12.8 Å². The summed E-state index contributed by atoms with van der Waals surface area (Å²) in [6, 6.07) is 12.0. The number of rotatable bonds is 6. The summed E-state index contributed by atoms with van der Waals surface area (Å²) in [5.74, 6) is 1.89. The molecule has 0 aliphatic heterocycles. The molecule has 0 saturated heterocycles. The van der Waals surface area contributed by atoms with Gasteiger partial charge in [0.15, 0.2) is 0 Å². The normalized spacial score (nSPS) is 13.3. The van der Waals surface area contributed by atoms with Gasteiger partial charge >= 0.3 is 0 Å². The van der Waals surface area contributed by atoms with Crippen LogP contribution in [0.5, 0.6) is 0 Å². The fraction of sp³-hybridized carbons (Fsp3) is 0.333. The van der Waals surface area contributed by atoms with E-state index in [2.05, 4.69) is 27.2 Å². The highest BCUT2D eigenvalue weighted by Gasteiger charge is 2.24. The quantitative estimate of drug-likeness (QED) is 0.662. The van der Waals surface area contributed by atoms with Crippen molar-refractivity contribution < 1.29 is 4.79 Å². The summed E-state index contributed by atoms with van der Waals surface area (Å²) in [5.41, 5.74) is 5.88. The first kappa shape index (κ1) is 19.2. The number of hydrogen-bond donors (Lipinski definition) is 1. The van der Waals surface area contributed by atoms with Gasteiger partial charge in [-0.25, -0.2) is 15.0 Å². The second-order valence-electron chi connectivity index (χ2n) is 7.80. The number of benzene rings is 1. The maximum Gasteiger partial charge on any atom is 0.257 e. The maximum atomic E-state index is 12.9. The predicted molar refractivity (Wildman–Crippen MR) is 114 cm³/mol. The van der Waals surface area contributed by atoms with Crippen molar-refractivity contribution >= 4 is 11.7 Å². The van der Waals surface area contributed by atoms with Crippen molar-refractivity contribution in [2.75, 3.05) is 5.32 Å². The minimum absolute atomic E-state index is 0.135. The van der Waals surface area contributed by atoms with Crippen molar-refractivity contribution in [2.45, 2.75) is 52.4 Å². The van der Waals surface area contributed by atoms with E-state index in [9.17, 15) is 4.79 Å². The molecule has 2 aromatic heterocycles. The number of nitrogens with zero attached hydrogens (tertiary/aromatic N) is 3. The zero-order valence-electron chi connectivity index (χ0n) is 17.2. The van der Waals surface area contributed by atoms with Gasteiger partial charge < -0.3 is 5.32 Å². The molecule has 4 rings (SSSR count). The second kappa shape index (κ2) is 8.11. The summed E-state index contributed by atoms with van der Waals surface area (Å²) in [4.78, 5) is 26.4. The number of carbonyl (C=O) groups is 1. The van der Waals surface area contributed by atoms with Crippen LogP contribution in [0.1, 0.15) is 69.9 Å². The first-order chi connectivity index (χ1) is 14.0. The van der Waals surface area contributed by atoms with Crippen molar-refractivity contribution in [1.82, 2.24) is 15.0 Å². The molecule has 1 amide bonds. The lowest BCUT2D eigenvalue weighted by molar-refractivity contribution is 0.102. The van der Waals surface area contributed by atoms with Gasteiger partial charge in [-0.1, -0.05) is 19.1 Å². The highest BCUT2D eigenvalue weighted by atomic mass is 16.1. The summed E-state index contributed by atoms with van der Waals surface area (Å²) in [6.07, 6.45) is 5.70. The van der Waals surface area contributed by atoms with E-state index in [1.54, 1.807) is 6.20 Å². The molecule has 1 aliphatic rings. The first-order valence-electron chi connectivity index (χ1n) is 10.2. The number of aryl methyl sites for hydroxylation is 3. The third kappa shape index (κ3) is 4.67. The molecule has 1 aromatic carbocycles. The molecule has 1 fully saturated rings. The molecule has 0 unspecified atom stereocenters. The molecular weight excluding hydrogens is 360 g/mol. The largest absolute Gasteiger partial charge is 0.307 e. The van der Waals surface area contributed by atoms with Crippen LogP contribution in [0.25, 0.3) is 0 Å². The molecule has 0 atom stereocenters. The summed E-state index contributed by atoms with van der Waals surface area (Å²) >= 11 is 0. The third-order valence-corrected chi connectivity index (χ3v) is 5.30.